The van der Waals surface area contributed by atoms with E-state index in [0.29, 0.717) is 0 Å². The highest BCUT2D eigenvalue weighted by atomic mass is 16.5. The third kappa shape index (κ3) is 4.46. The van der Waals surface area contributed by atoms with Crippen molar-refractivity contribution in [3.05, 3.63) is 53.9 Å². The molecule has 0 saturated heterocycles. The Kier molecular flexibility index (Phi) is 5.58. The van der Waals surface area contributed by atoms with Gasteiger partial charge in [-0.15, -0.1) is 0 Å². The number of methoxy groups -OCH3 is 2. The Morgan fingerprint density at radius 2 is 1.95 bits per heavy atom. The van der Waals surface area contributed by atoms with Crippen LogP contribution in [0, 0.1) is 0 Å². The number of aromatic nitrogens is 1. The van der Waals surface area contributed by atoms with Gasteiger partial charge in [-0.25, -0.2) is 0 Å². The van der Waals surface area contributed by atoms with Crippen molar-refractivity contribution in [2.24, 2.45) is 0 Å². The van der Waals surface area contributed by atoms with Crippen LogP contribution < -0.4 is 14.4 Å². The van der Waals surface area contributed by atoms with Crippen LogP contribution in [0.2, 0.25) is 0 Å². The van der Waals surface area contributed by atoms with Crippen LogP contribution in [0.3, 0.4) is 0 Å². The van der Waals surface area contributed by atoms with Crippen molar-refractivity contribution in [2.45, 2.75) is 13.0 Å². The Balaban J connectivity index is 1.94. The SMILES string of the molecule is COc1ccc(C[NH+](C)CCc2ccccn2)c(OC)c1. The van der Waals surface area contributed by atoms with Gasteiger partial charge >= 0.3 is 0 Å². The van der Waals surface area contributed by atoms with Crippen molar-refractivity contribution in [3.8, 4) is 11.5 Å². The quantitative estimate of drug-likeness (QED) is 0.835. The predicted octanol–water partition coefficient (Wildman–Crippen LogP) is 1.36. The van der Waals surface area contributed by atoms with Crippen molar-refractivity contribution in [3.63, 3.8) is 0 Å². The molecule has 0 bridgehead atoms. The monoisotopic (exact) mass is 287 g/mol. The second kappa shape index (κ2) is 7.64. The lowest BCUT2D eigenvalue weighted by Gasteiger charge is -2.16. The molecule has 0 radical (unpaired) electrons. The van der Waals surface area contributed by atoms with Crippen molar-refractivity contribution in [2.75, 3.05) is 27.8 Å². The minimum absolute atomic E-state index is 0.821. The molecule has 0 aliphatic carbocycles. The number of quaternary nitrogens is 1. The van der Waals surface area contributed by atoms with E-state index < -0.39 is 0 Å². The number of ether oxygens (including phenoxy) is 2. The fourth-order valence-electron chi connectivity index (χ4n) is 2.30. The van der Waals surface area contributed by atoms with Crippen molar-refractivity contribution in [1.29, 1.82) is 0 Å². The zero-order valence-corrected chi connectivity index (χ0v) is 12.9. The van der Waals surface area contributed by atoms with E-state index in [2.05, 4.69) is 24.2 Å². The van der Waals surface area contributed by atoms with E-state index in [1.165, 1.54) is 10.5 Å². The molecule has 112 valence electrons. The molecule has 0 amide bonds. The summed E-state index contributed by atoms with van der Waals surface area (Å²) in [5.41, 5.74) is 2.33. The smallest absolute Gasteiger partial charge is 0.131 e. The summed E-state index contributed by atoms with van der Waals surface area (Å²) in [7, 11) is 5.55. The van der Waals surface area contributed by atoms with Crippen LogP contribution in [0.5, 0.6) is 11.5 Å². The lowest BCUT2D eigenvalue weighted by molar-refractivity contribution is -0.893. The van der Waals surface area contributed by atoms with E-state index in [-0.39, 0.29) is 0 Å². The fourth-order valence-corrected chi connectivity index (χ4v) is 2.30. The highest BCUT2D eigenvalue weighted by Gasteiger charge is 2.10. The van der Waals surface area contributed by atoms with Gasteiger partial charge in [-0.2, -0.15) is 0 Å². The highest BCUT2D eigenvalue weighted by molar-refractivity contribution is 5.40. The summed E-state index contributed by atoms with van der Waals surface area (Å²) < 4.78 is 10.7. The van der Waals surface area contributed by atoms with Crippen LogP contribution in [0.25, 0.3) is 0 Å². The number of hydrogen-bond donors (Lipinski definition) is 1. The third-order valence-corrected chi connectivity index (χ3v) is 3.52. The number of nitrogens with zero attached hydrogens (tertiary/aromatic N) is 1. The number of hydrogen-bond acceptors (Lipinski definition) is 3. The van der Waals surface area contributed by atoms with E-state index in [0.717, 1.165) is 36.7 Å². The number of likely N-dealkylation sites (N-methyl/N-ethyl adjacent to an activating group) is 1. The molecule has 1 aromatic heterocycles. The van der Waals surface area contributed by atoms with Crippen molar-refractivity contribution in [1.82, 2.24) is 4.98 Å². The van der Waals surface area contributed by atoms with Gasteiger partial charge in [-0.1, -0.05) is 6.07 Å². The van der Waals surface area contributed by atoms with Crippen LogP contribution in [-0.4, -0.2) is 32.8 Å². The molecule has 0 spiro atoms. The van der Waals surface area contributed by atoms with Gasteiger partial charge in [0.05, 0.1) is 27.8 Å². The Morgan fingerprint density at radius 3 is 2.62 bits per heavy atom. The van der Waals surface area contributed by atoms with Crippen LogP contribution in [0.4, 0.5) is 0 Å². The number of nitrogens with one attached hydrogen (secondary N) is 1. The summed E-state index contributed by atoms with van der Waals surface area (Å²) in [5, 5.41) is 0. The second-order valence-corrected chi connectivity index (χ2v) is 5.13. The van der Waals surface area contributed by atoms with Crippen molar-refractivity contribution >= 4 is 0 Å². The first-order valence-electron chi connectivity index (χ1n) is 7.15. The fraction of sp³-hybridized carbons (Fsp3) is 0.353. The molecule has 0 fully saturated rings. The topological polar surface area (TPSA) is 35.8 Å². The van der Waals surface area contributed by atoms with E-state index >= 15 is 0 Å². The molecule has 1 unspecified atom stereocenters. The van der Waals surface area contributed by atoms with Gasteiger partial charge < -0.3 is 14.4 Å². The van der Waals surface area contributed by atoms with Crippen LogP contribution in [0.1, 0.15) is 11.3 Å². The molecular formula is C17H23N2O2+. The maximum absolute atomic E-state index is 5.45. The summed E-state index contributed by atoms with van der Waals surface area (Å²) >= 11 is 0. The number of rotatable bonds is 7. The normalized spacial score (nSPS) is 12.0. The van der Waals surface area contributed by atoms with Crippen molar-refractivity contribution < 1.29 is 14.4 Å². The van der Waals surface area contributed by atoms with Gasteiger partial charge in [0.25, 0.3) is 0 Å². The second-order valence-electron chi connectivity index (χ2n) is 5.13. The Hall–Kier alpha value is -2.07. The molecule has 21 heavy (non-hydrogen) atoms. The van der Waals surface area contributed by atoms with E-state index in [9.17, 15) is 0 Å². The summed E-state index contributed by atoms with van der Waals surface area (Å²) in [6.07, 6.45) is 2.82. The van der Waals surface area contributed by atoms with Crippen LogP contribution >= 0.6 is 0 Å². The minimum Gasteiger partial charge on any atom is -0.497 e. The largest absolute Gasteiger partial charge is 0.497 e. The summed E-state index contributed by atoms with van der Waals surface area (Å²) in [6.45, 7) is 1.95. The molecule has 1 N–H and O–H groups in total. The van der Waals surface area contributed by atoms with Gasteiger partial charge in [-0.05, 0) is 24.3 Å². The van der Waals surface area contributed by atoms with Crippen LogP contribution in [-0.2, 0) is 13.0 Å². The molecule has 1 atom stereocenters. The molecule has 1 aromatic carbocycles. The molecule has 0 aliphatic heterocycles. The Bertz CT molecular complexity index is 558. The van der Waals surface area contributed by atoms with E-state index in [1.807, 2.05) is 30.5 Å². The van der Waals surface area contributed by atoms with E-state index in [4.69, 9.17) is 9.47 Å². The highest BCUT2D eigenvalue weighted by Crippen LogP contribution is 2.23. The number of pyridine rings is 1. The standard InChI is InChI=1S/C17H22N2O2/c1-19(11-9-15-6-4-5-10-18-15)13-14-7-8-16(20-2)12-17(14)21-3/h4-8,10,12H,9,11,13H2,1-3H3/p+1. The first kappa shape index (κ1) is 15.3. The average Bonchev–Trinajstić information content (AvgIpc) is 2.54. The molecule has 0 saturated carbocycles. The summed E-state index contributed by atoms with van der Waals surface area (Å²) in [5.74, 6) is 1.70. The summed E-state index contributed by atoms with van der Waals surface area (Å²) in [6, 6.07) is 12.0. The van der Waals surface area contributed by atoms with E-state index in [1.54, 1.807) is 14.2 Å². The average molecular weight is 287 g/mol. The Labute approximate surface area is 126 Å². The van der Waals surface area contributed by atoms with Crippen LogP contribution in [0.15, 0.2) is 42.6 Å². The first-order valence-corrected chi connectivity index (χ1v) is 7.15. The molecular weight excluding hydrogens is 264 g/mol. The van der Waals surface area contributed by atoms with Gasteiger partial charge in [0.1, 0.15) is 18.0 Å². The first-order chi connectivity index (χ1) is 10.2. The molecule has 4 heteroatoms. The van der Waals surface area contributed by atoms with Gasteiger partial charge in [0.2, 0.25) is 0 Å². The predicted molar refractivity (Wildman–Crippen MR) is 82.9 cm³/mol. The maximum Gasteiger partial charge on any atom is 0.131 e. The zero-order chi connectivity index (χ0) is 15.1. The molecule has 1 heterocycles. The lowest BCUT2D eigenvalue weighted by Crippen LogP contribution is -3.07. The van der Waals surface area contributed by atoms with Gasteiger partial charge in [-0.3, -0.25) is 4.98 Å². The number of benzene rings is 1. The molecule has 2 aromatic rings. The maximum atomic E-state index is 5.45. The lowest BCUT2D eigenvalue weighted by atomic mass is 10.1. The Morgan fingerprint density at radius 1 is 1.10 bits per heavy atom. The molecule has 4 nitrogen and oxygen atoms in total. The van der Waals surface area contributed by atoms with Gasteiger partial charge in [0.15, 0.2) is 0 Å². The molecule has 0 aliphatic rings. The van der Waals surface area contributed by atoms with Gasteiger partial charge in [0, 0.05) is 29.9 Å². The summed E-state index contributed by atoms with van der Waals surface area (Å²) in [4.78, 5) is 5.78. The molecule has 2 rings (SSSR count). The minimum atomic E-state index is 0.821. The third-order valence-electron chi connectivity index (χ3n) is 3.52. The zero-order valence-electron chi connectivity index (χ0n) is 12.9.